The molecule has 1 fully saturated rings. The van der Waals surface area contributed by atoms with E-state index >= 15 is 0 Å². The Morgan fingerprint density at radius 2 is 0.847 bits per heavy atom. The van der Waals surface area contributed by atoms with Crippen LogP contribution >= 0.6 is 0 Å². The van der Waals surface area contributed by atoms with Gasteiger partial charge in [0, 0.05) is 45.5 Å². The summed E-state index contributed by atoms with van der Waals surface area (Å²) in [4.78, 5) is 0. The first-order valence-corrected chi connectivity index (χ1v) is 20.6. The van der Waals surface area contributed by atoms with Crippen LogP contribution in [0.25, 0.3) is 110 Å². The number of hydrogen-bond donors (Lipinski definition) is 1. The van der Waals surface area contributed by atoms with Crippen molar-refractivity contribution in [2.24, 2.45) is 0 Å². The van der Waals surface area contributed by atoms with Crippen molar-refractivity contribution >= 4 is 75.9 Å². The van der Waals surface area contributed by atoms with Crippen molar-refractivity contribution in [3.05, 3.63) is 206 Å². The summed E-state index contributed by atoms with van der Waals surface area (Å²) in [6.07, 6.45) is 0. The monoisotopic (exact) mass is 751 g/mol. The SMILES string of the molecule is c1ccc(-n2c3ccccc3c3cc4c5ccccc5n(-c5cccc(-c6cccc(-c7cc(C8CN8)cc8c9ccccc9c9ccccc9c78)c6)c5)c4cc32)cc1. The van der Waals surface area contributed by atoms with Gasteiger partial charge in [-0.05, 0) is 127 Å². The zero-order valence-corrected chi connectivity index (χ0v) is 32.2. The summed E-state index contributed by atoms with van der Waals surface area (Å²) in [5, 5.41) is 16.5. The van der Waals surface area contributed by atoms with Crippen molar-refractivity contribution in [2.75, 3.05) is 6.54 Å². The van der Waals surface area contributed by atoms with Gasteiger partial charge in [0.25, 0.3) is 0 Å². The van der Waals surface area contributed by atoms with Crippen LogP contribution in [0.2, 0.25) is 0 Å². The van der Waals surface area contributed by atoms with Crippen molar-refractivity contribution in [1.82, 2.24) is 14.5 Å². The molecule has 59 heavy (non-hydrogen) atoms. The molecule has 3 nitrogen and oxygen atoms in total. The minimum Gasteiger partial charge on any atom is -0.309 e. The second-order valence-corrected chi connectivity index (χ2v) is 16.1. The summed E-state index contributed by atoms with van der Waals surface area (Å²) in [6, 6.07) is 74.6. The number of para-hydroxylation sites is 3. The molecular weight excluding hydrogens is 715 g/mol. The predicted molar refractivity (Wildman–Crippen MR) is 249 cm³/mol. The minimum atomic E-state index is 0.393. The summed E-state index contributed by atoms with van der Waals surface area (Å²) >= 11 is 0. The third-order valence-corrected chi connectivity index (χ3v) is 12.8. The molecule has 2 aromatic heterocycles. The highest BCUT2D eigenvalue weighted by atomic mass is 15.1. The average molecular weight is 752 g/mol. The molecule has 1 aliphatic heterocycles. The fraction of sp³-hybridized carbons (Fsp3) is 0.0357. The van der Waals surface area contributed by atoms with Gasteiger partial charge in [0.1, 0.15) is 0 Å². The van der Waals surface area contributed by atoms with Gasteiger partial charge in [0.2, 0.25) is 0 Å². The molecule has 0 amide bonds. The predicted octanol–water partition coefficient (Wildman–Crippen LogP) is 14.3. The highest BCUT2D eigenvalue weighted by Crippen LogP contribution is 2.44. The first-order valence-electron chi connectivity index (χ1n) is 20.6. The zero-order chi connectivity index (χ0) is 38.6. The van der Waals surface area contributed by atoms with Crippen molar-refractivity contribution in [2.45, 2.75) is 6.04 Å². The summed E-state index contributed by atoms with van der Waals surface area (Å²) in [6.45, 7) is 1.02. The van der Waals surface area contributed by atoms with Crippen molar-refractivity contribution in [1.29, 1.82) is 0 Å². The van der Waals surface area contributed by atoms with Crippen LogP contribution < -0.4 is 5.32 Å². The second-order valence-electron chi connectivity index (χ2n) is 16.1. The molecule has 0 bridgehead atoms. The fourth-order valence-corrected chi connectivity index (χ4v) is 10.0. The van der Waals surface area contributed by atoms with Gasteiger partial charge in [-0.2, -0.15) is 0 Å². The van der Waals surface area contributed by atoms with Crippen LogP contribution in [-0.4, -0.2) is 15.7 Å². The quantitative estimate of drug-likeness (QED) is 0.138. The Kier molecular flexibility index (Phi) is 6.92. The smallest absolute Gasteiger partial charge is 0.0562 e. The van der Waals surface area contributed by atoms with E-state index in [0.29, 0.717) is 6.04 Å². The molecule has 10 aromatic carbocycles. The van der Waals surface area contributed by atoms with E-state index in [2.05, 4.69) is 215 Å². The summed E-state index contributed by atoms with van der Waals surface area (Å²) < 4.78 is 4.87. The Balaban J connectivity index is 1.02. The molecule has 3 heteroatoms. The standard InChI is InChI=1S/C56H37N3/c1-2-17-39(18-3-1)58-52-26-10-8-23-44(52)48-32-49-45-24-9-11-27-53(45)59(55(49)33-54(48)58)40-19-13-15-36(29-40)35-14-12-16-37(28-35)47-30-38(51-34-57-51)31-50-43-22-5-4-20-41(43)42-21-6-7-25-46(42)56(47)50/h1-33,51,57H,34H2. The highest BCUT2D eigenvalue weighted by Gasteiger charge is 2.25. The summed E-state index contributed by atoms with van der Waals surface area (Å²) in [7, 11) is 0. The van der Waals surface area contributed by atoms with Crippen LogP contribution in [0, 0.1) is 0 Å². The maximum atomic E-state index is 3.59. The lowest BCUT2D eigenvalue weighted by molar-refractivity contribution is 1.08. The van der Waals surface area contributed by atoms with Gasteiger partial charge < -0.3 is 14.5 Å². The molecule has 0 aliphatic carbocycles. The third kappa shape index (κ3) is 4.92. The second kappa shape index (κ2) is 12.5. The Bertz CT molecular complexity index is 3680. The molecule has 1 atom stereocenters. The zero-order valence-electron chi connectivity index (χ0n) is 32.2. The average Bonchev–Trinajstić information content (AvgIpc) is 4.05. The molecule has 0 saturated carbocycles. The van der Waals surface area contributed by atoms with Crippen LogP contribution in [-0.2, 0) is 0 Å². The number of nitrogens with one attached hydrogen (secondary N) is 1. The molecule has 13 rings (SSSR count). The topological polar surface area (TPSA) is 31.8 Å². The molecule has 1 saturated heterocycles. The van der Waals surface area contributed by atoms with Gasteiger partial charge in [0.15, 0.2) is 0 Å². The maximum Gasteiger partial charge on any atom is 0.0562 e. The van der Waals surface area contributed by atoms with Crippen LogP contribution in [0.4, 0.5) is 0 Å². The van der Waals surface area contributed by atoms with Gasteiger partial charge in [0.05, 0.1) is 22.1 Å². The van der Waals surface area contributed by atoms with E-state index in [1.165, 1.54) is 104 Å². The van der Waals surface area contributed by atoms with Gasteiger partial charge in [-0.25, -0.2) is 0 Å². The molecule has 12 aromatic rings. The lowest BCUT2D eigenvalue weighted by Gasteiger charge is -2.17. The number of fused-ring (bicyclic) bond motifs is 12. The van der Waals surface area contributed by atoms with E-state index in [-0.39, 0.29) is 0 Å². The van der Waals surface area contributed by atoms with Crippen molar-refractivity contribution in [3.63, 3.8) is 0 Å². The van der Waals surface area contributed by atoms with Crippen LogP contribution in [0.5, 0.6) is 0 Å². The number of aromatic nitrogens is 2. The Labute approximate surface area is 341 Å². The number of benzene rings is 10. The Morgan fingerprint density at radius 3 is 1.53 bits per heavy atom. The lowest BCUT2D eigenvalue weighted by atomic mass is 9.87. The van der Waals surface area contributed by atoms with Crippen molar-refractivity contribution in [3.8, 4) is 33.6 Å². The van der Waals surface area contributed by atoms with E-state index in [0.717, 1.165) is 17.9 Å². The van der Waals surface area contributed by atoms with E-state index in [1.807, 2.05) is 0 Å². The van der Waals surface area contributed by atoms with Crippen LogP contribution in [0.15, 0.2) is 200 Å². The third-order valence-electron chi connectivity index (χ3n) is 12.8. The van der Waals surface area contributed by atoms with Gasteiger partial charge in [-0.3, -0.25) is 0 Å². The molecule has 1 aliphatic rings. The van der Waals surface area contributed by atoms with Gasteiger partial charge in [-0.15, -0.1) is 0 Å². The number of nitrogens with zero attached hydrogens (tertiary/aromatic N) is 2. The molecule has 3 heterocycles. The van der Waals surface area contributed by atoms with Crippen LogP contribution in [0.3, 0.4) is 0 Å². The first-order chi connectivity index (χ1) is 29.3. The fourth-order valence-electron chi connectivity index (χ4n) is 10.0. The van der Waals surface area contributed by atoms with Gasteiger partial charge >= 0.3 is 0 Å². The first kappa shape index (κ1) is 32.6. The summed E-state index contributed by atoms with van der Waals surface area (Å²) in [5.74, 6) is 0. The number of hydrogen-bond acceptors (Lipinski definition) is 1. The number of rotatable bonds is 5. The molecule has 1 N–H and O–H groups in total. The van der Waals surface area contributed by atoms with Crippen LogP contribution in [0.1, 0.15) is 11.6 Å². The molecule has 276 valence electrons. The minimum absolute atomic E-state index is 0.393. The largest absolute Gasteiger partial charge is 0.309 e. The highest BCUT2D eigenvalue weighted by molar-refractivity contribution is 6.28. The van der Waals surface area contributed by atoms with Gasteiger partial charge in [-0.1, -0.05) is 133 Å². The lowest BCUT2D eigenvalue weighted by Crippen LogP contribution is -1.96. The Hall–Kier alpha value is -7.46. The molecule has 1 unspecified atom stereocenters. The molecule has 0 radical (unpaired) electrons. The Morgan fingerprint density at radius 1 is 0.339 bits per heavy atom. The van der Waals surface area contributed by atoms with Crippen molar-refractivity contribution < 1.29 is 0 Å². The van der Waals surface area contributed by atoms with E-state index in [1.54, 1.807) is 0 Å². The summed E-state index contributed by atoms with van der Waals surface area (Å²) in [5.41, 5.74) is 13.4. The van der Waals surface area contributed by atoms with E-state index < -0.39 is 0 Å². The normalized spacial score (nSPS) is 14.1. The van der Waals surface area contributed by atoms with E-state index in [4.69, 9.17) is 0 Å². The van der Waals surface area contributed by atoms with E-state index in [9.17, 15) is 0 Å². The molecular formula is C56H37N3. The maximum absolute atomic E-state index is 3.59. The molecule has 0 spiro atoms.